The quantitative estimate of drug-likeness (QED) is 0.814. The number of ether oxygens (including phenoxy) is 1. The number of para-hydroxylation sites is 2. The molecule has 0 aliphatic carbocycles. The molecule has 0 saturated carbocycles. The highest BCUT2D eigenvalue weighted by atomic mass is 16.5. The van der Waals surface area contributed by atoms with E-state index in [1.165, 1.54) is 5.56 Å². The van der Waals surface area contributed by atoms with Crippen LogP contribution >= 0.6 is 0 Å². The van der Waals surface area contributed by atoms with Gasteiger partial charge in [-0.3, -0.25) is 0 Å². The molecule has 18 heavy (non-hydrogen) atoms. The summed E-state index contributed by atoms with van der Waals surface area (Å²) in [5, 5.41) is 0. The summed E-state index contributed by atoms with van der Waals surface area (Å²) in [6.07, 6.45) is 1.83. The largest absolute Gasteiger partial charge is 0.493 e. The van der Waals surface area contributed by atoms with Crippen molar-refractivity contribution in [1.82, 2.24) is 0 Å². The van der Waals surface area contributed by atoms with Gasteiger partial charge in [-0.25, -0.2) is 0 Å². The summed E-state index contributed by atoms with van der Waals surface area (Å²) in [7, 11) is 0. The third-order valence-electron chi connectivity index (χ3n) is 3.04. The molecule has 0 aromatic heterocycles. The van der Waals surface area contributed by atoms with E-state index in [-0.39, 0.29) is 0 Å². The van der Waals surface area contributed by atoms with Gasteiger partial charge in [-0.05, 0) is 29.7 Å². The van der Waals surface area contributed by atoms with E-state index in [1.807, 2.05) is 42.5 Å². The van der Waals surface area contributed by atoms with E-state index in [4.69, 9.17) is 10.5 Å². The molecular weight excluding hydrogens is 222 g/mol. The average molecular weight is 241 g/mol. The maximum Gasteiger partial charge on any atom is 0.122 e. The molecule has 2 nitrogen and oxygen atoms in total. The minimum absolute atomic E-state index is 0.658. The molecule has 0 atom stereocenters. The third kappa shape index (κ3) is 3.04. The van der Waals surface area contributed by atoms with Crippen LogP contribution < -0.4 is 10.5 Å². The highest BCUT2D eigenvalue weighted by Crippen LogP contribution is 2.19. The lowest BCUT2D eigenvalue weighted by molar-refractivity contribution is 0.319. The molecule has 2 N–H and O–H groups in total. The van der Waals surface area contributed by atoms with Gasteiger partial charge in [0.1, 0.15) is 5.75 Å². The van der Waals surface area contributed by atoms with Crippen LogP contribution in [-0.4, -0.2) is 6.61 Å². The zero-order valence-corrected chi connectivity index (χ0v) is 10.7. The van der Waals surface area contributed by atoms with Crippen LogP contribution in [0.15, 0.2) is 48.5 Å². The molecule has 0 unspecified atom stereocenters. The first-order chi connectivity index (χ1) is 8.81. The Balaban J connectivity index is 1.95. The predicted octanol–water partition coefficient (Wildman–Crippen LogP) is 3.45. The Morgan fingerprint density at radius 2 is 1.61 bits per heavy atom. The van der Waals surface area contributed by atoms with Crippen LogP contribution in [-0.2, 0) is 12.8 Å². The Morgan fingerprint density at radius 3 is 2.33 bits per heavy atom. The maximum absolute atomic E-state index is 5.90. The number of aryl methyl sites for hydroxylation is 1. The number of hydrogen-bond donors (Lipinski definition) is 1. The first-order valence-corrected chi connectivity index (χ1v) is 6.35. The molecule has 0 spiro atoms. The average Bonchev–Trinajstić information content (AvgIpc) is 2.41. The molecule has 2 aromatic carbocycles. The van der Waals surface area contributed by atoms with E-state index in [9.17, 15) is 0 Å². The maximum atomic E-state index is 5.90. The van der Waals surface area contributed by atoms with Crippen molar-refractivity contribution in [3.8, 4) is 5.75 Å². The van der Waals surface area contributed by atoms with Gasteiger partial charge in [-0.15, -0.1) is 0 Å². The van der Waals surface area contributed by atoms with Crippen molar-refractivity contribution in [1.29, 1.82) is 0 Å². The van der Waals surface area contributed by atoms with Crippen molar-refractivity contribution in [3.05, 3.63) is 59.7 Å². The lowest BCUT2D eigenvalue weighted by Gasteiger charge is -2.11. The zero-order valence-electron chi connectivity index (χ0n) is 10.7. The van der Waals surface area contributed by atoms with E-state index >= 15 is 0 Å². The van der Waals surface area contributed by atoms with Crippen LogP contribution in [0.1, 0.15) is 18.1 Å². The number of rotatable bonds is 5. The van der Waals surface area contributed by atoms with Gasteiger partial charge < -0.3 is 10.5 Å². The number of hydrogen-bond acceptors (Lipinski definition) is 2. The monoisotopic (exact) mass is 241 g/mol. The number of nitrogen functional groups attached to an aromatic ring is 1. The molecular formula is C16H19NO. The minimum Gasteiger partial charge on any atom is -0.493 e. The van der Waals surface area contributed by atoms with Crippen LogP contribution in [0.5, 0.6) is 5.75 Å². The second-order valence-electron chi connectivity index (χ2n) is 4.26. The van der Waals surface area contributed by atoms with E-state index in [0.29, 0.717) is 6.61 Å². The molecule has 94 valence electrons. The Labute approximate surface area is 108 Å². The summed E-state index contributed by atoms with van der Waals surface area (Å²) in [5.41, 5.74) is 9.13. The minimum atomic E-state index is 0.658. The second-order valence-corrected chi connectivity index (χ2v) is 4.26. The molecule has 2 aromatic rings. The van der Waals surface area contributed by atoms with Crippen molar-refractivity contribution in [2.75, 3.05) is 12.3 Å². The zero-order chi connectivity index (χ0) is 12.8. The highest BCUT2D eigenvalue weighted by Gasteiger charge is 2.02. The summed E-state index contributed by atoms with van der Waals surface area (Å²) in [6, 6.07) is 16.1. The van der Waals surface area contributed by atoms with E-state index in [2.05, 4.69) is 13.0 Å². The Hall–Kier alpha value is -1.96. The predicted molar refractivity (Wildman–Crippen MR) is 75.9 cm³/mol. The number of nitrogens with two attached hydrogens (primary N) is 1. The van der Waals surface area contributed by atoms with Gasteiger partial charge >= 0.3 is 0 Å². The van der Waals surface area contributed by atoms with Gasteiger partial charge in [0.05, 0.1) is 6.61 Å². The highest BCUT2D eigenvalue weighted by molar-refractivity contribution is 5.46. The summed E-state index contributed by atoms with van der Waals surface area (Å²) >= 11 is 0. The Morgan fingerprint density at radius 1 is 0.944 bits per heavy atom. The van der Waals surface area contributed by atoms with Crippen LogP contribution in [0.3, 0.4) is 0 Å². The van der Waals surface area contributed by atoms with Gasteiger partial charge in [0.25, 0.3) is 0 Å². The van der Waals surface area contributed by atoms with E-state index in [1.54, 1.807) is 0 Å². The molecule has 0 saturated heterocycles. The summed E-state index contributed by atoms with van der Waals surface area (Å²) in [4.78, 5) is 0. The fourth-order valence-corrected chi connectivity index (χ4v) is 1.97. The van der Waals surface area contributed by atoms with Gasteiger partial charge in [0.2, 0.25) is 0 Å². The van der Waals surface area contributed by atoms with Crippen LogP contribution in [0.25, 0.3) is 0 Å². The lowest BCUT2D eigenvalue weighted by atomic mass is 10.1. The van der Waals surface area contributed by atoms with Crippen LogP contribution in [0.2, 0.25) is 0 Å². The van der Waals surface area contributed by atoms with Crippen LogP contribution in [0.4, 0.5) is 5.69 Å². The Kier molecular flexibility index (Phi) is 4.24. The first-order valence-electron chi connectivity index (χ1n) is 6.35. The molecule has 0 fully saturated rings. The topological polar surface area (TPSA) is 35.2 Å². The summed E-state index contributed by atoms with van der Waals surface area (Å²) < 4.78 is 5.83. The number of anilines is 1. The standard InChI is InChI=1S/C16H19NO/c1-2-13-7-4-6-10-16(13)18-12-11-14-8-3-5-9-15(14)17/h3-10H,2,11-12,17H2,1H3. The van der Waals surface area contributed by atoms with Crippen molar-refractivity contribution < 1.29 is 4.74 Å². The first kappa shape index (κ1) is 12.5. The molecule has 0 radical (unpaired) electrons. The second kappa shape index (κ2) is 6.10. The van der Waals surface area contributed by atoms with Gasteiger partial charge in [0, 0.05) is 12.1 Å². The van der Waals surface area contributed by atoms with Crippen molar-refractivity contribution in [2.45, 2.75) is 19.8 Å². The molecule has 0 bridgehead atoms. The number of benzene rings is 2. The normalized spacial score (nSPS) is 10.3. The van der Waals surface area contributed by atoms with Gasteiger partial charge in [-0.1, -0.05) is 43.3 Å². The van der Waals surface area contributed by atoms with Crippen molar-refractivity contribution in [3.63, 3.8) is 0 Å². The molecule has 0 heterocycles. The fraction of sp³-hybridized carbons (Fsp3) is 0.250. The smallest absolute Gasteiger partial charge is 0.122 e. The third-order valence-corrected chi connectivity index (χ3v) is 3.04. The van der Waals surface area contributed by atoms with Gasteiger partial charge in [0.15, 0.2) is 0 Å². The Bertz CT molecular complexity index is 508. The van der Waals surface area contributed by atoms with Crippen LogP contribution in [0, 0.1) is 0 Å². The lowest BCUT2D eigenvalue weighted by Crippen LogP contribution is -2.05. The fourth-order valence-electron chi connectivity index (χ4n) is 1.97. The molecule has 0 aliphatic heterocycles. The summed E-state index contributed by atoms with van der Waals surface area (Å²) in [6.45, 7) is 2.79. The molecule has 0 aliphatic rings. The molecule has 2 heteroatoms. The SMILES string of the molecule is CCc1ccccc1OCCc1ccccc1N. The van der Waals surface area contributed by atoms with Crippen molar-refractivity contribution in [2.24, 2.45) is 0 Å². The summed E-state index contributed by atoms with van der Waals surface area (Å²) in [5.74, 6) is 0.981. The van der Waals surface area contributed by atoms with E-state index in [0.717, 1.165) is 29.8 Å². The molecule has 2 rings (SSSR count). The van der Waals surface area contributed by atoms with E-state index < -0.39 is 0 Å². The molecule has 0 amide bonds. The van der Waals surface area contributed by atoms with Crippen molar-refractivity contribution >= 4 is 5.69 Å². The van der Waals surface area contributed by atoms with Gasteiger partial charge in [-0.2, -0.15) is 0 Å².